The molecule has 0 unspecified atom stereocenters. The van der Waals surface area contributed by atoms with Gasteiger partial charge in [0.2, 0.25) is 5.91 Å². The van der Waals surface area contributed by atoms with Crippen molar-refractivity contribution < 1.29 is 9.53 Å². The highest BCUT2D eigenvalue weighted by molar-refractivity contribution is 5.76. The maximum absolute atomic E-state index is 12.2. The van der Waals surface area contributed by atoms with Crippen molar-refractivity contribution in [1.29, 1.82) is 0 Å². The van der Waals surface area contributed by atoms with E-state index in [2.05, 4.69) is 37.8 Å². The Morgan fingerprint density at radius 1 is 1.09 bits per heavy atom. The van der Waals surface area contributed by atoms with Crippen molar-refractivity contribution >= 4 is 5.91 Å². The molecule has 1 aliphatic heterocycles. The Hall–Kier alpha value is -1.55. The maximum atomic E-state index is 12.2. The number of carbonyl (C=O) groups is 1. The van der Waals surface area contributed by atoms with Gasteiger partial charge in [0.05, 0.1) is 7.11 Å². The summed E-state index contributed by atoms with van der Waals surface area (Å²) in [4.78, 5) is 16.7. The van der Waals surface area contributed by atoms with Gasteiger partial charge in [0.15, 0.2) is 0 Å². The Balaban J connectivity index is 1.80. The van der Waals surface area contributed by atoms with Crippen molar-refractivity contribution in [3.63, 3.8) is 0 Å². The standard InChI is InChI=1S/C18H28N2O2/c1-18(2,3)13-17(21)20-11-9-19(10-12-20)14-15-5-7-16(22-4)8-6-15/h5-8H,9-14H2,1-4H3. The molecule has 0 atom stereocenters. The molecule has 1 fully saturated rings. The molecule has 1 heterocycles. The van der Waals surface area contributed by atoms with Crippen molar-refractivity contribution in [2.75, 3.05) is 33.3 Å². The van der Waals surface area contributed by atoms with E-state index < -0.39 is 0 Å². The molecule has 1 aliphatic rings. The quantitative estimate of drug-likeness (QED) is 0.857. The zero-order chi connectivity index (χ0) is 16.2. The van der Waals surface area contributed by atoms with Gasteiger partial charge in [0, 0.05) is 39.1 Å². The summed E-state index contributed by atoms with van der Waals surface area (Å²) >= 11 is 0. The summed E-state index contributed by atoms with van der Waals surface area (Å²) in [6, 6.07) is 8.21. The van der Waals surface area contributed by atoms with Crippen LogP contribution in [0.1, 0.15) is 32.8 Å². The van der Waals surface area contributed by atoms with Crippen molar-refractivity contribution in [3.05, 3.63) is 29.8 Å². The fourth-order valence-corrected chi connectivity index (χ4v) is 2.71. The van der Waals surface area contributed by atoms with Gasteiger partial charge in [0.1, 0.15) is 5.75 Å². The van der Waals surface area contributed by atoms with E-state index in [1.165, 1.54) is 5.56 Å². The van der Waals surface area contributed by atoms with E-state index in [1.54, 1.807) is 7.11 Å². The number of amides is 1. The van der Waals surface area contributed by atoms with Gasteiger partial charge in [-0.15, -0.1) is 0 Å². The fourth-order valence-electron chi connectivity index (χ4n) is 2.71. The van der Waals surface area contributed by atoms with E-state index in [-0.39, 0.29) is 11.3 Å². The SMILES string of the molecule is COc1ccc(CN2CCN(C(=O)CC(C)(C)C)CC2)cc1. The normalized spacial score (nSPS) is 16.6. The predicted molar refractivity (Wildman–Crippen MR) is 88.9 cm³/mol. The summed E-state index contributed by atoms with van der Waals surface area (Å²) in [5, 5.41) is 0. The molecule has 2 rings (SSSR count). The van der Waals surface area contributed by atoms with Gasteiger partial charge in [0.25, 0.3) is 0 Å². The molecule has 0 saturated carbocycles. The Morgan fingerprint density at radius 2 is 1.68 bits per heavy atom. The Labute approximate surface area is 134 Å². The highest BCUT2D eigenvalue weighted by Crippen LogP contribution is 2.21. The third kappa shape index (κ3) is 5.02. The van der Waals surface area contributed by atoms with E-state index in [4.69, 9.17) is 4.74 Å². The van der Waals surface area contributed by atoms with Gasteiger partial charge < -0.3 is 9.64 Å². The minimum Gasteiger partial charge on any atom is -0.497 e. The van der Waals surface area contributed by atoms with Crippen LogP contribution in [0.4, 0.5) is 0 Å². The van der Waals surface area contributed by atoms with E-state index >= 15 is 0 Å². The predicted octanol–water partition coefficient (Wildman–Crippen LogP) is 2.78. The minimum atomic E-state index is 0.0668. The van der Waals surface area contributed by atoms with Gasteiger partial charge in [-0.2, -0.15) is 0 Å². The molecule has 0 spiro atoms. The molecule has 0 bridgehead atoms. The number of carbonyl (C=O) groups excluding carboxylic acids is 1. The molecule has 1 aromatic carbocycles. The Morgan fingerprint density at radius 3 is 2.18 bits per heavy atom. The maximum Gasteiger partial charge on any atom is 0.223 e. The van der Waals surface area contributed by atoms with Crippen LogP contribution in [-0.2, 0) is 11.3 Å². The second-order valence-electron chi connectivity index (χ2n) is 7.24. The van der Waals surface area contributed by atoms with Crippen molar-refractivity contribution in [2.24, 2.45) is 5.41 Å². The highest BCUT2D eigenvalue weighted by Gasteiger charge is 2.24. The summed E-state index contributed by atoms with van der Waals surface area (Å²) < 4.78 is 5.18. The topological polar surface area (TPSA) is 32.8 Å². The van der Waals surface area contributed by atoms with Crippen LogP contribution in [0.15, 0.2) is 24.3 Å². The molecule has 1 aromatic rings. The van der Waals surface area contributed by atoms with Crippen LogP contribution in [-0.4, -0.2) is 49.0 Å². The molecule has 122 valence electrons. The lowest BCUT2D eigenvalue weighted by molar-refractivity contribution is -0.134. The largest absolute Gasteiger partial charge is 0.497 e. The smallest absolute Gasteiger partial charge is 0.223 e. The molecule has 0 N–H and O–H groups in total. The molecule has 4 nitrogen and oxygen atoms in total. The van der Waals surface area contributed by atoms with Gasteiger partial charge in [-0.3, -0.25) is 9.69 Å². The average molecular weight is 304 g/mol. The van der Waals surface area contributed by atoms with E-state index in [9.17, 15) is 4.79 Å². The Kier molecular flexibility index (Phi) is 5.46. The summed E-state index contributed by atoms with van der Waals surface area (Å²) in [7, 11) is 1.68. The molecule has 4 heteroatoms. The first-order chi connectivity index (χ1) is 10.4. The molecule has 1 saturated heterocycles. The zero-order valence-corrected chi connectivity index (χ0v) is 14.3. The highest BCUT2D eigenvalue weighted by atomic mass is 16.5. The van der Waals surface area contributed by atoms with Crippen molar-refractivity contribution in [2.45, 2.75) is 33.7 Å². The lowest BCUT2D eigenvalue weighted by Gasteiger charge is -2.36. The molecular formula is C18H28N2O2. The van der Waals surface area contributed by atoms with Crippen LogP contribution < -0.4 is 4.74 Å². The van der Waals surface area contributed by atoms with Gasteiger partial charge >= 0.3 is 0 Å². The summed E-state index contributed by atoms with van der Waals surface area (Å²) in [6.07, 6.45) is 0.630. The van der Waals surface area contributed by atoms with Crippen LogP contribution in [0.5, 0.6) is 5.75 Å². The molecular weight excluding hydrogens is 276 g/mol. The number of rotatable bonds is 4. The molecule has 22 heavy (non-hydrogen) atoms. The summed E-state index contributed by atoms with van der Waals surface area (Å²) in [5.41, 5.74) is 1.35. The van der Waals surface area contributed by atoms with Gasteiger partial charge in [-0.25, -0.2) is 0 Å². The van der Waals surface area contributed by atoms with Crippen LogP contribution in [0.2, 0.25) is 0 Å². The molecule has 1 amide bonds. The summed E-state index contributed by atoms with van der Waals surface area (Å²) in [5.74, 6) is 1.18. The van der Waals surface area contributed by atoms with Crippen molar-refractivity contribution in [1.82, 2.24) is 9.80 Å². The van der Waals surface area contributed by atoms with Crippen LogP contribution in [0.25, 0.3) is 0 Å². The number of benzene rings is 1. The lowest BCUT2D eigenvalue weighted by atomic mass is 9.91. The van der Waals surface area contributed by atoms with Gasteiger partial charge in [-0.1, -0.05) is 32.9 Å². The number of nitrogens with zero attached hydrogens (tertiary/aromatic N) is 2. The lowest BCUT2D eigenvalue weighted by Crippen LogP contribution is -2.48. The van der Waals surface area contributed by atoms with Crippen LogP contribution in [0, 0.1) is 5.41 Å². The zero-order valence-electron chi connectivity index (χ0n) is 14.3. The molecule has 0 radical (unpaired) electrons. The second kappa shape index (κ2) is 7.14. The number of piperazine rings is 1. The number of ether oxygens (including phenoxy) is 1. The third-order valence-corrected chi connectivity index (χ3v) is 3.97. The fraction of sp³-hybridized carbons (Fsp3) is 0.611. The Bertz CT molecular complexity index is 483. The first-order valence-corrected chi connectivity index (χ1v) is 8.00. The van der Waals surface area contributed by atoms with E-state index in [0.717, 1.165) is 38.5 Å². The van der Waals surface area contributed by atoms with E-state index in [0.29, 0.717) is 6.42 Å². The van der Waals surface area contributed by atoms with Crippen molar-refractivity contribution in [3.8, 4) is 5.75 Å². The first-order valence-electron chi connectivity index (χ1n) is 8.00. The van der Waals surface area contributed by atoms with Crippen LogP contribution >= 0.6 is 0 Å². The van der Waals surface area contributed by atoms with Crippen LogP contribution in [0.3, 0.4) is 0 Å². The average Bonchev–Trinajstić information content (AvgIpc) is 2.47. The monoisotopic (exact) mass is 304 g/mol. The summed E-state index contributed by atoms with van der Waals surface area (Å²) in [6.45, 7) is 10.9. The molecule has 0 aliphatic carbocycles. The van der Waals surface area contributed by atoms with E-state index in [1.807, 2.05) is 17.0 Å². The minimum absolute atomic E-state index is 0.0668. The number of methoxy groups -OCH3 is 1. The number of hydrogen-bond acceptors (Lipinski definition) is 3. The number of hydrogen-bond donors (Lipinski definition) is 0. The second-order valence-corrected chi connectivity index (χ2v) is 7.24. The third-order valence-electron chi connectivity index (χ3n) is 3.97. The molecule has 0 aromatic heterocycles. The first kappa shape index (κ1) is 16.8. The van der Waals surface area contributed by atoms with Gasteiger partial charge in [-0.05, 0) is 23.1 Å².